The summed E-state index contributed by atoms with van der Waals surface area (Å²) in [7, 11) is 0. The van der Waals surface area contributed by atoms with E-state index in [1.807, 2.05) is 6.92 Å². The predicted octanol–water partition coefficient (Wildman–Crippen LogP) is 1.32. The zero-order chi connectivity index (χ0) is 9.64. The van der Waals surface area contributed by atoms with Crippen LogP contribution in [0.2, 0.25) is 0 Å². The number of hydrogen-bond donors (Lipinski definition) is 1. The quantitative estimate of drug-likeness (QED) is 0.655. The molecular weight excluding hydrogens is 168 g/mol. The second kappa shape index (κ2) is 2.56. The van der Waals surface area contributed by atoms with Crippen molar-refractivity contribution in [1.82, 2.24) is 0 Å². The number of aliphatic carboxylic acids is 1. The van der Waals surface area contributed by atoms with Gasteiger partial charge in [-0.3, -0.25) is 4.79 Å². The van der Waals surface area contributed by atoms with Crippen LogP contribution in [0, 0.1) is 23.2 Å². The van der Waals surface area contributed by atoms with E-state index < -0.39 is 11.4 Å². The number of aldehydes is 1. The molecule has 0 saturated heterocycles. The largest absolute Gasteiger partial charge is 0.481 e. The van der Waals surface area contributed by atoms with Crippen molar-refractivity contribution in [3.05, 3.63) is 0 Å². The highest BCUT2D eigenvalue weighted by Gasteiger charge is 2.60. The number of hydrogen-bond acceptors (Lipinski definition) is 2. The number of carbonyl (C=O) groups is 2. The number of rotatable bonds is 2. The summed E-state index contributed by atoms with van der Waals surface area (Å²) < 4.78 is 0. The highest BCUT2D eigenvalue weighted by molar-refractivity contribution is 5.81. The highest BCUT2D eigenvalue weighted by Crippen LogP contribution is 2.60. The van der Waals surface area contributed by atoms with Gasteiger partial charge in [0.2, 0.25) is 0 Å². The van der Waals surface area contributed by atoms with Gasteiger partial charge in [0.1, 0.15) is 6.29 Å². The summed E-state index contributed by atoms with van der Waals surface area (Å²) in [5, 5.41) is 9.20. The van der Waals surface area contributed by atoms with E-state index in [2.05, 4.69) is 0 Å². The van der Waals surface area contributed by atoms with Crippen LogP contribution in [0.15, 0.2) is 0 Å². The molecule has 3 heteroatoms. The maximum atomic E-state index is 11.2. The maximum absolute atomic E-state index is 11.2. The zero-order valence-electron chi connectivity index (χ0n) is 7.69. The van der Waals surface area contributed by atoms with Crippen molar-refractivity contribution in [2.75, 3.05) is 0 Å². The average Bonchev–Trinajstić information content (AvgIpc) is 2.58. The van der Waals surface area contributed by atoms with Crippen molar-refractivity contribution in [2.24, 2.45) is 23.2 Å². The van der Waals surface area contributed by atoms with Crippen LogP contribution < -0.4 is 0 Å². The van der Waals surface area contributed by atoms with E-state index in [9.17, 15) is 14.7 Å². The summed E-state index contributed by atoms with van der Waals surface area (Å²) in [5.74, 6) is -0.365. The van der Waals surface area contributed by atoms with Crippen LogP contribution in [0.4, 0.5) is 0 Å². The summed E-state index contributed by atoms with van der Waals surface area (Å²) in [5.41, 5.74) is -0.716. The van der Waals surface area contributed by atoms with Crippen molar-refractivity contribution in [2.45, 2.75) is 26.2 Å². The van der Waals surface area contributed by atoms with Crippen LogP contribution in [-0.4, -0.2) is 17.4 Å². The average molecular weight is 182 g/mol. The monoisotopic (exact) mass is 182 g/mol. The molecule has 2 rings (SSSR count). The lowest BCUT2D eigenvalue weighted by Crippen LogP contribution is -2.40. The Labute approximate surface area is 77.1 Å². The minimum absolute atomic E-state index is 0.166. The third kappa shape index (κ3) is 0.901. The molecule has 3 nitrogen and oxygen atoms in total. The van der Waals surface area contributed by atoms with Crippen molar-refractivity contribution < 1.29 is 14.7 Å². The Hall–Kier alpha value is -0.860. The van der Waals surface area contributed by atoms with Crippen LogP contribution in [-0.2, 0) is 9.59 Å². The molecule has 4 atom stereocenters. The third-order valence-electron chi connectivity index (χ3n) is 4.00. The van der Waals surface area contributed by atoms with E-state index in [-0.39, 0.29) is 11.8 Å². The van der Waals surface area contributed by atoms with Gasteiger partial charge in [-0.15, -0.1) is 0 Å². The van der Waals surface area contributed by atoms with Gasteiger partial charge in [-0.05, 0) is 31.1 Å². The molecule has 2 aliphatic rings. The van der Waals surface area contributed by atoms with Crippen molar-refractivity contribution in [3.8, 4) is 0 Å². The smallest absolute Gasteiger partial charge is 0.310 e. The first kappa shape index (κ1) is 8.73. The molecule has 1 N–H and O–H groups in total. The van der Waals surface area contributed by atoms with Gasteiger partial charge in [0.15, 0.2) is 0 Å². The van der Waals surface area contributed by atoms with Gasteiger partial charge >= 0.3 is 5.97 Å². The number of carboxylic acids is 1. The summed E-state index contributed by atoms with van der Waals surface area (Å²) in [6.45, 7) is 1.96. The van der Waals surface area contributed by atoms with Gasteiger partial charge in [0, 0.05) is 5.92 Å². The Morgan fingerprint density at radius 2 is 2.23 bits per heavy atom. The Morgan fingerprint density at radius 1 is 1.54 bits per heavy atom. The predicted molar refractivity (Wildman–Crippen MR) is 46.1 cm³/mol. The Kier molecular flexibility index (Phi) is 1.72. The van der Waals surface area contributed by atoms with E-state index >= 15 is 0 Å². The molecule has 4 unspecified atom stereocenters. The zero-order valence-corrected chi connectivity index (χ0v) is 7.69. The molecular formula is C10H14O3. The van der Waals surface area contributed by atoms with Crippen LogP contribution in [0.1, 0.15) is 26.2 Å². The van der Waals surface area contributed by atoms with Crippen molar-refractivity contribution in [1.29, 1.82) is 0 Å². The summed E-state index contributed by atoms with van der Waals surface area (Å²) in [6, 6.07) is 0. The van der Waals surface area contributed by atoms with Gasteiger partial charge in [0.25, 0.3) is 0 Å². The SMILES string of the molecule is CC1CC2CC(C=O)C1(C(=O)O)C2. The lowest BCUT2D eigenvalue weighted by Gasteiger charge is -2.32. The molecule has 0 amide bonds. The van der Waals surface area contributed by atoms with E-state index in [0.29, 0.717) is 12.3 Å². The van der Waals surface area contributed by atoms with Gasteiger partial charge in [-0.2, -0.15) is 0 Å². The van der Waals surface area contributed by atoms with Crippen LogP contribution in [0.25, 0.3) is 0 Å². The van der Waals surface area contributed by atoms with E-state index in [0.717, 1.165) is 19.1 Å². The molecule has 0 heterocycles. The molecule has 0 radical (unpaired) electrons. The topological polar surface area (TPSA) is 54.4 Å². The van der Waals surface area contributed by atoms with Crippen LogP contribution in [0.5, 0.6) is 0 Å². The van der Waals surface area contributed by atoms with E-state index in [1.54, 1.807) is 0 Å². The molecule has 0 aliphatic heterocycles. The molecule has 2 saturated carbocycles. The van der Waals surface area contributed by atoms with E-state index in [1.165, 1.54) is 0 Å². The van der Waals surface area contributed by atoms with Gasteiger partial charge < -0.3 is 9.90 Å². The molecule has 72 valence electrons. The standard InChI is InChI=1S/C10H14O3/c1-6-2-7-3-8(5-11)10(6,4-7)9(12)13/h5-8H,2-4H2,1H3,(H,12,13). The fourth-order valence-electron chi connectivity index (χ4n) is 3.37. The molecule has 0 aromatic carbocycles. The molecule has 2 aliphatic carbocycles. The van der Waals surface area contributed by atoms with Crippen molar-refractivity contribution >= 4 is 12.3 Å². The van der Waals surface area contributed by atoms with Gasteiger partial charge in [0.05, 0.1) is 5.41 Å². The van der Waals surface area contributed by atoms with Gasteiger partial charge in [-0.25, -0.2) is 0 Å². The Bertz CT molecular complexity index is 261. The summed E-state index contributed by atoms with van der Waals surface area (Å²) in [4.78, 5) is 22.0. The summed E-state index contributed by atoms with van der Waals surface area (Å²) >= 11 is 0. The van der Waals surface area contributed by atoms with Crippen LogP contribution >= 0.6 is 0 Å². The number of carboxylic acid groups (broad SMARTS) is 1. The highest BCUT2D eigenvalue weighted by atomic mass is 16.4. The van der Waals surface area contributed by atoms with Crippen LogP contribution in [0.3, 0.4) is 0 Å². The lowest BCUT2D eigenvalue weighted by atomic mass is 9.69. The molecule has 2 bridgehead atoms. The first-order chi connectivity index (χ1) is 6.11. The number of fused-ring (bicyclic) bond motifs is 2. The molecule has 13 heavy (non-hydrogen) atoms. The second-order valence-corrected chi connectivity index (χ2v) is 4.53. The fraction of sp³-hybridized carbons (Fsp3) is 0.800. The summed E-state index contributed by atoms with van der Waals surface area (Å²) in [6.07, 6.45) is 3.34. The fourth-order valence-corrected chi connectivity index (χ4v) is 3.37. The molecule has 2 fully saturated rings. The molecule has 0 spiro atoms. The Balaban J connectivity index is 2.38. The number of carbonyl (C=O) groups excluding carboxylic acids is 1. The minimum Gasteiger partial charge on any atom is -0.481 e. The Morgan fingerprint density at radius 3 is 2.62 bits per heavy atom. The third-order valence-corrected chi connectivity index (χ3v) is 4.00. The minimum atomic E-state index is -0.767. The maximum Gasteiger partial charge on any atom is 0.310 e. The van der Waals surface area contributed by atoms with E-state index in [4.69, 9.17) is 0 Å². The molecule has 0 aromatic rings. The van der Waals surface area contributed by atoms with Gasteiger partial charge in [-0.1, -0.05) is 6.92 Å². The normalized spacial score (nSPS) is 47.9. The second-order valence-electron chi connectivity index (χ2n) is 4.53. The molecule has 0 aromatic heterocycles. The lowest BCUT2D eigenvalue weighted by molar-refractivity contribution is -0.155. The van der Waals surface area contributed by atoms with Crippen molar-refractivity contribution in [3.63, 3.8) is 0 Å². The first-order valence-electron chi connectivity index (χ1n) is 4.80. The first-order valence-corrected chi connectivity index (χ1v) is 4.80.